The summed E-state index contributed by atoms with van der Waals surface area (Å²) in [6, 6.07) is 26.7. The summed E-state index contributed by atoms with van der Waals surface area (Å²) in [5.41, 5.74) is 3.55. The number of alkyl halides is 1. The summed E-state index contributed by atoms with van der Waals surface area (Å²) in [4.78, 5) is 0. The van der Waals surface area contributed by atoms with Crippen molar-refractivity contribution in [3.8, 4) is 11.5 Å². The van der Waals surface area contributed by atoms with Crippen LogP contribution >= 0.6 is 22.6 Å². The summed E-state index contributed by atoms with van der Waals surface area (Å²) in [5, 5.41) is 0. The van der Waals surface area contributed by atoms with Crippen molar-refractivity contribution < 1.29 is 9.47 Å². The topological polar surface area (TPSA) is 18.5 Å². The molecule has 0 radical (unpaired) electrons. The standard InChI is InChI=1S/C26H27IO2/c27-18-10-2-1-5-11-22-16-17-25(28-20-23-12-6-3-7-13-23)26(19-22)29-21-24-14-8-4-9-15-24/h1-4,6-9,12-17,19H,5,10-11,18,20-21H2. The van der Waals surface area contributed by atoms with Crippen molar-refractivity contribution in [1.29, 1.82) is 0 Å². The second-order valence-electron chi connectivity index (χ2n) is 6.82. The molecule has 0 atom stereocenters. The van der Waals surface area contributed by atoms with Crippen LogP contribution in [0.2, 0.25) is 0 Å². The molecule has 0 heterocycles. The molecule has 0 aliphatic rings. The van der Waals surface area contributed by atoms with E-state index in [1.165, 1.54) is 9.99 Å². The molecule has 0 amide bonds. The van der Waals surface area contributed by atoms with Gasteiger partial charge in [0.1, 0.15) is 13.2 Å². The molecule has 0 aromatic heterocycles. The molecular weight excluding hydrogens is 471 g/mol. The fourth-order valence-electron chi connectivity index (χ4n) is 2.96. The zero-order valence-corrected chi connectivity index (χ0v) is 18.8. The minimum absolute atomic E-state index is 0.529. The van der Waals surface area contributed by atoms with Crippen molar-refractivity contribution in [3.63, 3.8) is 0 Å². The van der Waals surface area contributed by atoms with Crippen molar-refractivity contribution in [2.45, 2.75) is 32.5 Å². The molecule has 0 aliphatic heterocycles. The lowest BCUT2D eigenvalue weighted by Gasteiger charge is -2.14. The van der Waals surface area contributed by atoms with Gasteiger partial charge in [0, 0.05) is 4.43 Å². The molecule has 0 spiro atoms. The van der Waals surface area contributed by atoms with Crippen LogP contribution < -0.4 is 9.47 Å². The van der Waals surface area contributed by atoms with Gasteiger partial charge in [-0.05, 0) is 48.1 Å². The van der Waals surface area contributed by atoms with E-state index in [0.717, 1.165) is 41.9 Å². The summed E-state index contributed by atoms with van der Waals surface area (Å²) in [6.07, 6.45) is 7.70. The lowest BCUT2D eigenvalue weighted by Crippen LogP contribution is -2.01. The molecule has 0 fully saturated rings. The highest BCUT2D eigenvalue weighted by molar-refractivity contribution is 14.1. The maximum Gasteiger partial charge on any atom is 0.161 e. The highest BCUT2D eigenvalue weighted by Gasteiger charge is 2.08. The van der Waals surface area contributed by atoms with Crippen LogP contribution in [-0.4, -0.2) is 4.43 Å². The van der Waals surface area contributed by atoms with E-state index in [1.807, 2.05) is 42.5 Å². The zero-order chi connectivity index (χ0) is 20.2. The molecule has 0 saturated carbocycles. The smallest absolute Gasteiger partial charge is 0.161 e. The predicted molar refractivity (Wildman–Crippen MR) is 129 cm³/mol. The number of hydrogen-bond donors (Lipinski definition) is 0. The van der Waals surface area contributed by atoms with Gasteiger partial charge in [0.2, 0.25) is 0 Å². The maximum atomic E-state index is 6.15. The first-order valence-corrected chi connectivity index (χ1v) is 11.5. The summed E-state index contributed by atoms with van der Waals surface area (Å²) >= 11 is 2.40. The third-order valence-electron chi connectivity index (χ3n) is 4.52. The highest BCUT2D eigenvalue weighted by Crippen LogP contribution is 2.30. The van der Waals surface area contributed by atoms with E-state index in [2.05, 4.69) is 71.1 Å². The number of rotatable bonds is 11. The molecule has 0 saturated heterocycles. The Morgan fingerprint density at radius 1 is 0.621 bits per heavy atom. The first-order chi connectivity index (χ1) is 14.3. The lowest BCUT2D eigenvalue weighted by molar-refractivity contribution is 0.255. The van der Waals surface area contributed by atoms with Gasteiger partial charge in [-0.1, -0.05) is 101 Å². The first kappa shape index (κ1) is 21.4. The molecule has 3 heteroatoms. The van der Waals surface area contributed by atoms with Crippen LogP contribution in [0, 0.1) is 0 Å². The monoisotopic (exact) mass is 498 g/mol. The van der Waals surface area contributed by atoms with Crippen molar-refractivity contribution >= 4 is 22.6 Å². The number of allylic oxidation sites excluding steroid dienone is 2. The molecule has 29 heavy (non-hydrogen) atoms. The van der Waals surface area contributed by atoms with Crippen molar-refractivity contribution in [2.24, 2.45) is 0 Å². The molecule has 0 bridgehead atoms. The minimum Gasteiger partial charge on any atom is -0.485 e. The molecule has 3 aromatic rings. The Kier molecular flexibility index (Phi) is 9.11. The molecule has 0 unspecified atom stereocenters. The van der Waals surface area contributed by atoms with Crippen LogP contribution in [0.5, 0.6) is 11.5 Å². The van der Waals surface area contributed by atoms with Gasteiger partial charge in [0.15, 0.2) is 11.5 Å². The lowest BCUT2D eigenvalue weighted by atomic mass is 10.1. The Morgan fingerprint density at radius 2 is 1.21 bits per heavy atom. The third-order valence-corrected chi connectivity index (χ3v) is 5.15. The highest BCUT2D eigenvalue weighted by atomic mass is 127. The van der Waals surface area contributed by atoms with E-state index < -0.39 is 0 Å². The molecule has 3 rings (SSSR count). The molecule has 0 N–H and O–H groups in total. The molecule has 3 aromatic carbocycles. The number of halogens is 1. The van der Waals surface area contributed by atoms with E-state index in [9.17, 15) is 0 Å². The van der Waals surface area contributed by atoms with Gasteiger partial charge in [-0.3, -0.25) is 0 Å². The molecular formula is C26H27IO2. The number of benzene rings is 3. The average Bonchev–Trinajstić information content (AvgIpc) is 2.78. The van der Waals surface area contributed by atoms with Crippen LogP contribution in [0.4, 0.5) is 0 Å². The first-order valence-electron chi connectivity index (χ1n) is 10.0. The number of ether oxygens (including phenoxy) is 2. The van der Waals surface area contributed by atoms with E-state index >= 15 is 0 Å². The van der Waals surface area contributed by atoms with E-state index in [4.69, 9.17) is 9.47 Å². The van der Waals surface area contributed by atoms with Crippen LogP contribution in [0.3, 0.4) is 0 Å². The van der Waals surface area contributed by atoms with Gasteiger partial charge >= 0.3 is 0 Å². The van der Waals surface area contributed by atoms with Crippen LogP contribution in [0.25, 0.3) is 0 Å². The Bertz CT molecular complexity index is 876. The molecule has 150 valence electrons. The minimum atomic E-state index is 0.529. The fourth-order valence-corrected chi connectivity index (χ4v) is 3.32. The summed E-state index contributed by atoms with van der Waals surface area (Å²) in [6.45, 7) is 1.06. The van der Waals surface area contributed by atoms with Gasteiger partial charge < -0.3 is 9.47 Å². The van der Waals surface area contributed by atoms with Gasteiger partial charge in [0.25, 0.3) is 0 Å². The quantitative estimate of drug-likeness (QED) is 0.159. The van der Waals surface area contributed by atoms with Crippen LogP contribution in [-0.2, 0) is 19.6 Å². The SMILES string of the molecule is ICCC=CCCc1ccc(OCc2ccccc2)c(OCc2ccccc2)c1. The van der Waals surface area contributed by atoms with Gasteiger partial charge in [-0.25, -0.2) is 0 Å². The van der Waals surface area contributed by atoms with Crippen molar-refractivity contribution in [3.05, 3.63) is 108 Å². The Balaban J connectivity index is 1.68. The Morgan fingerprint density at radius 3 is 1.83 bits per heavy atom. The van der Waals surface area contributed by atoms with Crippen molar-refractivity contribution in [2.75, 3.05) is 4.43 Å². The average molecular weight is 498 g/mol. The zero-order valence-electron chi connectivity index (χ0n) is 16.6. The Hall–Kier alpha value is -2.27. The normalized spacial score (nSPS) is 10.9. The number of aryl methyl sites for hydroxylation is 1. The van der Waals surface area contributed by atoms with E-state index in [1.54, 1.807) is 0 Å². The van der Waals surface area contributed by atoms with E-state index in [0.29, 0.717) is 13.2 Å². The van der Waals surface area contributed by atoms with Gasteiger partial charge in [-0.2, -0.15) is 0 Å². The second kappa shape index (κ2) is 12.3. The maximum absolute atomic E-state index is 6.15. The summed E-state index contributed by atoms with van der Waals surface area (Å²) in [7, 11) is 0. The molecule has 2 nitrogen and oxygen atoms in total. The van der Waals surface area contributed by atoms with Crippen LogP contribution in [0.1, 0.15) is 29.5 Å². The van der Waals surface area contributed by atoms with E-state index in [-0.39, 0.29) is 0 Å². The summed E-state index contributed by atoms with van der Waals surface area (Å²) < 4.78 is 13.4. The summed E-state index contributed by atoms with van der Waals surface area (Å²) in [5.74, 6) is 1.59. The largest absolute Gasteiger partial charge is 0.485 e. The van der Waals surface area contributed by atoms with Crippen LogP contribution in [0.15, 0.2) is 91.0 Å². The molecule has 0 aliphatic carbocycles. The second-order valence-corrected chi connectivity index (χ2v) is 7.90. The van der Waals surface area contributed by atoms with Gasteiger partial charge in [-0.15, -0.1) is 0 Å². The third kappa shape index (κ3) is 7.58. The predicted octanol–water partition coefficient (Wildman–Crippen LogP) is 7.16. The Labute approximate surface area is 187 Å². The van der Waals surface area contributed by atoms with Crippen molar-refractivity contribution in [1.82, 2.24) is 0 Å². The van der Waals surface area contributed by atoms with Gasteiger partial charge in [0.05, 0.1) is 0 Å². The number of hydrogen-bond acceptors (Lipinski definition) is 2. The fraction of sp³-hybridized carbons (Fsp3) is 0.231.